The van der Waals surface area contributed by atoms with Crippen LogP contribution in [-0.4, -0.2) is 23.4 Å². The van der Waals surface area contributed by atoms with E-state index in [0.717, 1.165) is 5.69 Å². The van der Waals surface area contributed by atoms with Crippen molar-refractivity contribution in [3.8, 4) is 0 Å². The molecule has 0 aliphatic heterocycles. The minimum absolute atomic E-state index is 0.0154. The van der Waals surface area contributed by atoms with Gasteiger partial charge in [-0.2, -0.15) is 0 Å². The van der Waals surface area contributed by atoms with E-state index in [-0.39, 0.29) is 17.9 Å². The molecule has 1 atom stereocenters. The Labute approximate surface area is 113 Å². The van der Waals surface area contributed by atoms with Gasteiger partial charge in [0.1, 0.15) is 6.04 Å². The smallest absolute Gasteiger partial charge is 0.240 e. The summed E-state index contributed by atoms with van der Waals surface area (Å²) in [5.74, 6) is -0.757. The first-order valence-corrected chi connectivity index (χ1v) is 6.20. The molecule has 1 aromatic carbocycles. The number of hydrogen-bond donors (Lipinski definition) is 3. The molecular formula is C14H21N3O2. The molecule has 0 aliphatic rings. The second-order valence-electron chi connectivity index (χ2n) is 5.47. The molecule has 0 spiro atoms. The first-order chi connectivity index (χ1) is 8.78. The molecule has 0 heterocycles. The van der Waals surface area contributed by atoms with Crippen molar-refractivity contribution in [3.63, 3.8) is 0 Å². The van der Waals surface area contributed by atoms with Crippen LogP contribution < -0.4 is 16.4 Å². The maximum absolute atomic E-state index is 11.8. The first kappa shape index (κ1) is 15.0. The summed E-state index contributed by atoms with van der Waals surface area (Å²) in [7, 11) is 0. The molecule has 1 aromatic rings. The molecule has 5 heteroatoms. The minimum atomic E-state index is -0.718. The summed E-state index contributed by atoms with van der Waals surface area (Å²) in [6, 6.07) is 8.47. The predicted octanol–water partition coefficient (Wildman–Crippen LogP) is 1.26. The van der Waals surface area contributed by atoms with Gasteiger partial charge in [-0.05, 0) is 32.9 Å². The number of benzene rings is 1. The summed E-state index contributed by atoms with van der Waals surface area (Å²) in [6.45, 7) is 5.65. The largest absolute Gasteiger partial charge is 0.373 e. The Bertz CT molecular complexity index is 438. The number of anilines is 1. The van der Waals surface area contributed by atoms with E-state index in [1.54, 1.807) is 0 Å². The molecule has 4 N–H and O–H groups in total. The van der Waals surface area contributed by atoms with Crippen molar-refractivity contribution in [2.75, 3.05) is 5.32 Å². The van der Waals surface area contributed by atoms with Crippen molar-refractivity contribution >= 4 is 17.5 Å². The summed E-state index contributed by atoms with van der Waals surface area (Å²) in [5, 5.41) is 5.76. The zero-order valence-electron chi connectivity index (χ0n) is 11.6. The summed E-state index contributed by atoms with van der Waals surface area (Å²) >= 11 is 0. The summed E-state index contributed by atoms with van der Waals surface area (Å²) < 4.78 is 0. The Morgan fingerprint density at radius 3 is 2.26 bits per heavy atom. The van der Waals surface area contributed by atoms with E-state index in [1.165, 1.54) is 0 Å². The molecule has 1 rings (SSSR count). The highest BCUT2D eigenvalue weighted by molar-refractivity contribution is 5.89. The molecule has 1 unspecified atom stereocenters. The fourth-order valence-electron chi connectivity index (χ4n) is 1.61. The average molecular weight is 263 g/mol. The molecule has 0 fully saturated rings. The molecule has 5 nitrogen and oxygen atoms in total. The van der Waals surface area contributed by atoms with E-state index in [4.69, 9.17) is 5.73 Å². The molecule has 0 saturated carbocycles. The van der Waals surface area contributed by atoms with Crippen LogP contribution in [0.25, 0.3) is 0 Å². The minimum Gasteiger partial charge on any atom is -0.373 e. The number of amides is 2. The lowest BCUT2D eigenvalue weighted by atomic mass is 10.1. The van der Waals surface area contributed by atoms with E-state index >= 15 is 0 Å². The maximum Gasteiger partial charge on any atom is 0.240 e. The first-order valence-electron chi connectivity index (χ1n) is 6.20. The van der Waals surface area contributed by atoms with E-state index < -0.39 is 11.9 Å². The van der Waals surface area contributed by atoms with Crippen LogP contribution in [-0.2, 0) is 9.59 Å². The molecule has 2 amide bonds. The topological polar surface area (TPSA) is 84.2 Å². The van der Waals surface area contributed by atoms with E-state index in [1.807, 2.05) is 51.1 Å². The number of hydrogen-bond acceptors (Lipinski definition) is 3. The van der Waals surface area contributed by atoms with Gasteiger partial charge < -0.3 is 16.4 Å². The van der Waals surface area contributed by atoms with Crippen molar-refractivity contribution in [3.05, 3.63) is 30.3 Å². The average Bonchev–Trinajstić information content (AvgIpc) is 2.26. The zero-order valence-corrected chi connectivity index (χ0v) is 11.6. The third-order valence-electron chi connectivity index (χ3n) is 2.36. The second-order valence-corrected chi connectivity index (χ2v) is 5.47. The van der Waals surface area contributed by atoms with Crippen LogP contribution in [0.1, 0.15) is 27.2 Å². The lowest BCUT2D eigenvalue weighted by Gasteiger charge is -2.23. The van der Waals surface area contributed by atoms with Gasteiger partial charge in [0.15, 0.2) is 0 Å². The van der Waals surface area contributed by atoms with Crippen LogP contribution in [0.5, 0.6) is 0 Å². The second kappa shape index (κ2) is 6.22. The highest BCUT2D eigenvalue weighted by atomic mass is 16.2. The van der Waals surface area contributed by atoms with Crippen LogP contribution in [0.15, 0.2) is 30.3 Å². The van der Waals surface area contributed by atoms with Crippen LogP contribution in [0.3, 0.4) is 0 Å². The van der Waals surface area contributed by atoms with Gasteiger partial charge in [-0.15, -0.1) is 0 Å². The number of carbonyl (C=O) groups excluding carboxylic acids is 2. The van der Waals surface area contributed by atoms with Gasteiger partial charge in [0, 0.05) is 11.2 Å². The molecule has 0 radical (unpaired) electrons. The van der Waals surface area contributed by atoms with Crippen LogP contribution >= 0.6 is 0 Å². The van der Waals surface area contributed by atoms with Crippen LogP contribution in [0.2, 0.25) is 0 Å². The van der Waals surface area contributed by atoms with Crippen LogP contribution in [0.4, 0.5) is 5.69 Å². The number of carbonyl (C=O) groups is 2. The molecule has 0 aromatic heterocycles. The Morgan fingerprint density at radius 2 is 1.79 bits per heavy atom. The van der Waals surface area contributed by atoms with Crippen molar-refractivity contribution in [1.82, 2.24) is 5.32 Å². The monoisotopic (exact) mass is 263 g/mol. The van der Waals surface area contributed by atoms with Gasteiger partial charge in [-0.1, -0.05) is 18.2 Å². The molecular weight excluding hydrogens is 242 g/mol. The predicted molar refractivity (Wildman–Crippen MR) is 75.6 cm³/mol. The zero-order chi connectivity index (χ0) is 14.5. The Kier molecular flexibility index (Phi) is 4.92. The number of nitrogens with two attached hydrogens (primary N) is 1. The van der Waals surface area contributed by atoms with Crippen molar-refractivity contribution < 1.29 is 9.59 Å². The summed E-state index contributed by atoms with van der Waals surface area (Å²) in [5.41, 5.74) is 5.75. The fraction of sp³-hybridized carbons (Fsp3) is 0.429. The lowest BCUT2D eigenvalue weighted by Crippen LogP contribution is -2.45. The van der Waals surface area contributed by atoms with Crippen molar-refractivity contribution in [1.29, 1.82) is 0 Å². The number of primary amides is 1. The Morgan fingerprint density at radius 1 is 1.21 bits per heavy atom. The summed E-state index contributed by atoms with van der Waals surface area (Å²) in [4.78, 5) is 23.2. The highest BCUT2D eigenvalue weighted by Gasteiger charge is 2.22. The van der Waals surface area contributed by atoms with Crippen LogP contribution in [0, 0.1) is 0 Å². The third-order valence-corrected chi connectivity index (χ3v) is 2.36. The van der Waals surface area contributed by atoms with Gasteiger partial charge in [0.2, 0.25) is 11.8 Å². The number of nitrogens with one attached hydrogen (secondary N) is 2. The van der Waals surface area contributed by atoms with Gasteiger partial charge >= 0.3 is 0 Å². The van der Waals surface area contributed by atoms with Gasteiger partial charge in [0.05, 0.1) is 6.42 Å². The SMILES string of the molecule is CC(C)(C)NC(=O)CC(Nc1ccccc1)C(N)=O. The van der Waals surface area contributed by atoms with Crippen molar-refractivity contribution in [2.24, 2.45) is 5.73 Å². The van der Waals surface area contributed by atoms with E-state index in [0.29, 0.717) is 0 Å². The standard InChI is InChI=1S/C14H21N3O2/c1-14(2,3)17-12(18)9-11(13(15)19)16-10-7-5-4-6-8-10/h4-8,11,16H,9H2,1-3H3,(H2,15,19)(H,17,18). The van der Waals surface area contributed by atoms with Gasteiger partial charge in [-0.3, -0.25) is 9.59 Å². The normalized spacial score (nSPS) is 12.6. The maximum atomic E-state index is 11.8. The van der Waals surface area contributed by atoms with E-state index in [9.17, 15) is 9.59 Å². The molecule has 0 aliphatic carbocycles. The highest BCUT2D eigenvalue weighted by Crippen LogP contribution is 2.09. The van der Waals surface area contributed by atoms with E-state index in [2.05, 4.69) is 10.6 Å². The Balaban J connectivity index is 2.64. The molecule has 0 saturated heterocycles. The Hall–Kier alpha value is -2.04. The number of rotatable bonds is 5. The molecule has 104 valence electrons. The van der Waals surface area contributed by atoms with Gasteiger partial charge in [0.25, 0.3) is 0 Å². The quantitative estimate of drug-likeness (QED) is 0.747. The number of para-hydroxylation sites is 1. The molecule has 19 heavy (non-hydrogen) atoms. The fourth-order valence-corrected chi connectivity index (χ4v) is 1.61. The van der Waals surface area contributed by atoms with Crippen molar-refractivity contribution in [2.45, 2.75) is 38.8 Å². The lowest BCUT2D eigenvalue weighted by molar-refractivity contribution is -0.126. The summed E-state index contributed by atoms with van der Waals surface area (Å²) in [6.07, 6.45) is 0.0154. The third kappa shape index (κ3) is 5.90. The van der Waals surface area contributed by atoms with Gasteiger partial charge in [-0.25, -0.2) is 0 Å². The molecule has 0 bridgehead atoms.